The number of ether oxygens (including phenoxy) is 2. The number of hydrogen-bond donors (Lipinski definition) is 0. The predicted octanol–water partition coefficient (Wildman–Crippen LogP) is 4.09. The van der Waals surface area contributed by atoms with Crippen molar-refractivity contribution in [2.45, 2.75) is 32.2 Å². The third-order valence-electron chi connectivity index (χ3n) is 3.90. The van der Waals surface area contributed by atoms with Crippen molar-refractivity contribution in [1.82, 2.24) is 0 Å². The molecule has 108 valence electrons. The predicted molar refractivity (Wildman–Crippen MR) is 86.3 cm³/mol. The maximum absolute atomic E-state index is 6.14. The summed E-state index contributed by atoms with van der Waals surface area (Å²) < 4.78 is 11.8. The van der Waals surface area contributed by atoms with Crippen molar-refractivity contribution in [2.24, 2.45) is 0 Å². The van der Waals surface area contributed by atoms with E-state index in [0.717, 1.165) is 0 Å². The van der Waals surface area contributed by atoms with Crippen LogP contribution in [0.4, 0.5) is 0 Å². The van der Waals surface area contributed by atoms with E-state index in [9.17, 15) is 0 Å². The van der Waals surface area contributed by atoms with E-state index in [4.69, 9.17) is 9.47 Å². The van der Waals surface area contributed by atoms with Gasteiger partial charge in [-0.3, -0.25) is 0 Å². The van der Waals surface area contributed by atoms with Crippen LogP contribution in [0.25, 0.3) is 0 Å². The Bertz CT molecular complexity index is 495. The normalized spacial score (nSPS) is 25.1. The number of halogens is 1. The number of hydrogen-bond acceptors (Lipinski definition) is 2. The number of methoxy groups -OCH3 is 1. The van der Waals surface area contributed by atoms with Crippen molar-refractivity contribution in [3.63, 3.8) is 0 Å². The zero-order valence-electron chi connectivity index (χ0n) is 12.2. The van der Waals surface area contributed by atoms with Crippen LogP contribution in [-0.2, 0) is 16.1 Å². The first-order valence-corrected chi connectivity index (χ1v) is 7.89. The van der Waals surface area contributed by atoms with Crippen molar-refractivity contribution >= 4 is 15.9 Å². The average molecular weight is 337 g/mol. The summed E-state index contributed by atoms with van der Waals surface area (Å²) in [6.07, 6.45) is 8.03. The SMILES string of the molecule is COC1(CBr)C=CC=CC1OCc1c(C)cccc1C. The molecule has 2 unspecified atom stereocenters. The van der Waals surface area contributed by atoms with Gasteiger partial charge in [0.15, 0.2) is 0 Å². The standard InChI is InChI=1S/C17H21BrO2/c1-13-7-6-8-14(2)15(13)11-20-16-9-4-5-10-17(16,12-18)19-3/h4-10,16H,11-12H2,1-3H3. The van der Waals surface area contributed by atoms with Gasteiger partial charge >= 0.3 is 0 Å². The van der Waals surface area contributed by atoms with Crippen LogP contribution in [0.3, 0.4) is 0 Å². The molecule has 1 aromatic carbocycles. The van der Waals surface area contributed by atoms with Crippen LogP contribution in [-0.4, -0.2) is 24.1 Å². The van der Waals surface area contributed by atoms with Gasteiger partial charge in [-0.1, -0.05) is 52.4 Å². The van der Waals surface area contributed by atoms with Gasteiger partial charge in [0.2, 0.25) is 0 Å². The lowest BCUT2D eigenvalue weighted by molar-refractivity contribution is -0.0734. The first-order valence-electron chi connectivity index (χ1n) is 6.77. The molecule has 1 aromatic rings. The zero-order chi connectivity index (χ0) is 14.6. The van der Waals surface area contributed by atoms with Gasteiger partial charge in [0.1, 0.15) is 11.7 Å². The summed E-state index contributed by atoms with van der Waals surface area (Å²) in [5.74, 6) is 0. The highest BCUT2D eigenvalue weighted by Gasteiger charge is 2.36. The molecule has 0 saturated carbocycles. The second-order valence-corrected chi connectivity index (χ2v) is 5.70. The van der Waals surface area contributed by atoms with Crippen LogP contribution in [0.5, 0.6) is 0 Å². The Morgan fingerprint density at radius 2 is 1.90 bits per heavy atom. The minimum absolute atomic E-state index is 0.0871. The fourth-order valence-corrected chi connectivity index (χ4v) is 3.18. The summed E-state index contributed by atoms with van der Waals surface area (Å²) in [5, 5.41) is 0.703. The Kier molecular flexibility index (Phi) is 5.19. The highest BCUT2D eigenvalue weighted by atomic mass is 79.9. The van der Waals surface area contributed by atoms with Gasteiger partial charge in [-0.25, -0.2) is 0 Å². The van der Waals surface area contributed by atoms with Crippen LogP contribution in [0.1, 0.15) is 16.7 Å². The summed E-state index contributed by atoms with van der Waals surface area (Å²) in [6, 6.07) is 6.32. The number of benzene rings is 1. The molecule has 0 heterocycles. The fourth-order valence-electron chi connectivity index (χ4n) is 2.45. The first-order chi connectivity index (χ1) is 9.63. The molecule has 0 saturated heterocycles. The molecule has 0 bridgehead atoms. The number of aryl methyl sites for hydroxylation is 2. The molecule has 0 amide bonds. The van der Waals surface area contributed by atoms with Crippen LogP contribution in [0.2, 0.25) is 0 Å². The smallest absolute Gasteiger partial charge is 0.125 e. The Hall–Kier alpha value is -0.900. The number of allylic oxidation sites excluding steroid dienone is 2. The Labute approximate surface area is 129 Å². The van der Waals surface area contributed by atoms with Crippen LogP contribution < -0.4 is 0 Å². The van der Waals surface area contributed by atoms with E-state index in [1.165, 1.54) is 16.7 Å². The monoisotopic (exact) mass is 336 g/mol. The highest BCUT2D eigenvalue weighted by molar-refractivity contribution is 9.09. The summed E-state index contributed by atoms with van der Waals surface area (Å²) in [7, 11) is 1.72. The molecule has 2 nitrogen and oxygen atoms in total. The quantitative estimate of drug-likeness (QED) is 0.754. The first kappa shape index (κ1) is 15.5. The summed E-state index contributed by atoms with van der Waals surface area (Å²) in [4.78, 5) is 0. The van der Waals surface area contributed by atoms with Gasteiger partial charge < -0.3 is 9.47 Å². The molecule has 0 aromatic heterocycles. The maximum Gasteiger partial charge on any atom is 0.125 e. The minimum atomic E-state index is -0.425. The molecule has 1 aliphatic rings. The van der Waals surface area contributed by atoms with Crippen LogP contribution in [0.15, 0.2) is 42.5 Å². The fraction of sp³-hybridized carbons (Fsp3) is 0.412. The lowest BCUT2D eigenvalue weighted by Gasteiger charge is -2.35. The molecule has 2 atom stereocenters. The van der Waals surface area contributed by atoms with Gasteiger partial charge in [-0.05, 0) is 36.6 Å². The Morgan fingerprint density at radius 1 is 1.20 bits per heavy atom. The van der Waals surface area contributed by atoms with Gasteiger partial charge in [-0.15, -0.1) is 0 Å². The molecule has 0 radical (unpaired) electrons. The van der Waals surface area contributed by atoms with Gasteiger partial charge in [-0.2, -0.15) is 0 Å². The highest BCUT2D eigenvalue weighted by Crippen LogP contribution is 2.28. The van der Waals surface area contributed by atoms with Crippen molar-refractivity contribution in [3.8, 4) is 0 Å². The molecule has 20 heavy (non-hydrogen) atoms. The van der Waals surface area contributed by atoms with Crippen molar-refractivity contribution in [1.29, 1.82) is 0 Å². The summed E-state index contributed by atoms with van der Waals surface area (Å²) >= 11 is 3.53. The second kappa shape index (κ2) is 6.70. The molecule has 2 rings (SSSR count). The van der Waals surface area contributed by atoms with Gasteiger partial charge in [0.25, 0.3) is 0 Å². The van der Waals surface area contributed by atoms with E-state index in [2.05, 4.69) is 60.1 Å². The molecule has 1 aliphatic carbocycles. The topological polar surface area (TPSA) is 18.5 Å². The van der Waals surface area contributed by atoms with E-state index >= 15 is 0 Å². The van der Waals surface area contributed by atoms with E-state index in [0.29, 0.717) is 11.9 Å². The minimum Gasteiger partial charge on any atom is -0.370 e. The molecule has 3 heteroatoms. The number of rotatable bonds is 5. The van der Waals surface area contributed by atoms with Gasteiger partial charge in [0, 0.05) is 12.4 Å². The molecule has 0 fully saturated rings. The van der Waals surface area contributed by atoms with Crippen molar-refractivity contribution < 1.29 is 9.47 Å². The lowest BCUT2D eigenvalue weighted by Crippen LogP contribution is -2.45. The zero-order valence-corrected chi connectivity index (χ0v) is 13.8. The van der Waals surface area contributed by atoms with E-state index in [-0.39, 0.29) is 6.10 Å². The third-order valence-corrected chi connectivity index (χ3v) is 4.77. The third kappa shape index (κ3) is 3.05. The Balaban J connectivity index is 2.13. The van der Waals surface area contributed by atoms with E-state index in [1.807, 2.05) is 12.2 Å². The average Bonchev–Trinajstić information content (AvgIpc) is 2.47. The Morgan fingerprint density at radius 3 is 2.50 bits per heavy atom. The molecule has 0 N–H and O–H groups in total. The number of alkyl halides is 1. The molecular formula is C17H21BrO2. The van der Waals surface area contributed by atoms with Crippen LogP contribution in [0, 0.1) is 13.8 Å². The second-order valence-electron chi connectivity index (χ2n) is 5.14. The molecule has 0 aliphatic heterocycles. The van der Waals surface area contributed by atoms with Crippen LogP contribution >= 0.6 is 15.9 Å². The summed E-state index contributed by atoms with van der Waals surface area (Å²) in [6.45, 7) is 4.84. The summed E-state index contributed by atoms with van der Waals surface area (Å²) in [5.41, 5.74) is 3.37. The van der Waals surface area contributed by atoms with E-state index in [1.54, 1.807) is 7.11 Å². The molecular weight excluding hydrogens is 316 g/mol. The van der Waals surface area contributed by atoms with Crippen molar-refractivity contribution in [2.75, 3.05) is 12.4 Å². The van der Waals surface area contributed by atoms with E-state index < -0.39 is 5.60 Å². The van der Waals surface area contributed by atoms with Gasteiger partial charge in [0.05, 0.1) is 6.61 Å². The van der Waals surface area contributed by atoms with Crippen molar-refractivity contribution in [3.05, 3.63) is 59.2 Å². The lowest BCUT2D eigenvalue weighted by atomic mass is 9.94. The molecule has 0 spiro atoms. The largest absolute Gasteiger partial charge is 0.370 e. The maximum atomic E-state index is 6.14.